The Balaban J connectivity index is 1.77. The largest absolute Gasteiger partial charge is 0.861 e. The van der Waals surface area contributed by atoms with E-state index in [0.717, 1.165) is 17.3 Å². The first kappa shape index (κ1) is 19.7. The molecule has 142 valence electrons. The van der Waals surface area contributed by atoms with Crippen molar-refractivity contribution >= 4 is 35.1 Å². The summed E-state index contributed by atoms with van der Waals surface area (Å²) in [7, 11) is 3.54. The van der Waals surface area contributed by atoms with E-state index in [-0.39, 0.29) is 11.6 Å². The summed E-state index contributed by atoms with van der Waals surface area (Å²) >= 11 is 7.06. The maximum absolute atomic E-state index is 12.1. The van der Waals surface area contributed by atoms with Gasteiger partial charge in [0, 0.05) is 16.3 Å². The molecule has 0 aliphatic heterocycles. The van der Waals surface area contributed by atoms with Crippen LogP contribution in [-0.4, -0.2) is 36.0 Å². The third kappa shape index (κ3) is 4.79. The van der Waals surface area contributed by atoms with Gasteiger partial charge in [-0.3, -0.25) is 4.52 Å². The number of hydrogen-bond donors (Lipinski definition) is 0. The highest BCUT2D eigenvalue weighted by Crippen LogP contribution is 2.26. The van der Waals surface area contributed by atoms with E-state index >= 15 is 0 Å². The third-order valence-corrected chi connectivity index (χ3v) is 4.77. The number of halogens is 1. The van der Waals surface area contributed by atoms with Crippen molar-refractivity contribution < 1.29 is 14.4 Å². The van der Waals surface area contributed by atoms with Crippen LogP contribution in [0.4, 0.5) is 5.88 Å². The summed E-state index contributed by atoms with van der Waals surface area (Å²) in [5, 5.41) is 27.9. The normalized spacial score (nSPS) is 11.3. The first-order valence-corrected chi connectivity index (χ1v) is 9.43. The molecule has 0 aliphatic rings. The molecule has 8 nitrogen and oxygen atoms in total. The molecule has 3 aromatic rings. The van der Waals surface area contributed by atoms with Crippen LogP contribution >= 0.6 is 23.4 Å². The Kier molecular flexibility index (Phi) is 6.13. The molecule has 0 bridgehead atoms. The molecule has 1 aromatic carbocycles. The van der Waals surface area contributed by atoms with Crippen LogP contribution in [0.5, 0.6) is 0 Å². The predicted molar refractivity (Wildman–Crippen MR) is 104 cm³/mol. The van der Waals surface area contributed by atoms with Gasteiger partial charge in [-0.2, -0.15) is 10.3 Å². The fourth-order valence-corrected chi connectivity index (χ4v) is 3.05. The zero-order chi connectivity index (χ0) is 20.1. The van der Waals surface area contributed by atoms with Gasteiger partial charge in [-0.25, -0.2) is 9.98 Å². The van der Waals surface area contributed by atoms with E-state index in [4.69, 9.17) is 16.1 Å². The van der Waals surface area contributed by atoms with Crippen LogP contribution in [0.1, 0.15) is 5.56 Å². The van der Waals surface area contributed by atoms with E-state index in [2.05, 4.69) is 21.3 Å². The van der Waals surface area contributed by atoms with Crippen molar-refractivity contribution in [3.63, 3.8) is 0 Å². The van der Waals surface area contributed by atoms with Gasteiger partial charge in [-0.1, -0.05) is 35.5 Å². The maximum Gasteiger partial charge on any atom is 0.324 e. The quantitative estimate of drug-likeness (QED) is 0.262. The lowest BCUT2D eigenvalue weighted by Crippen LogP contribution is -2.53. The van der Waals surface area contributed by atoms with E-state index in [1.807, 2.05) is 12.1 Å². The molecule has 0 saturated heterocycles. The van der Waals surface area contributed by atoms with Gasteiger partial charge >= 0.3 is 5.88 Å². The van der Waals surface area contributed by atoms with Gasteiger partial charge in [0.1, 0.15) is 11.1 Å². The lowest BCUT2D eigenvalue weighted by atomic mass is 10.1. The summed E-state index contributed by atoms with van der Waals surface area (Å²) < 4.78 is 4.98. The number of nitrogens with zero attached hydrogens (tertiary/aromatic N) is 6. The molecule has 0 spiro atoms. The number of aliphatic imine (C=N–C) groups is 1. The van der Waals surface area contributed by atoms with Crippen LogP contribution in [0.3, 0.4) is 0 Å². The Morgan fingerprint density at radius 3 is 2.71 bits per heavy atom. The average molecular weight is 415 g/mol. The van der Waals surface area contributed by atoms with Gasteiger partial charge in [0.15, 0.2) is 0 Å². The van der Waals surface area contributed by atoms with Gasteiger partial charge in [0.25, 0.3) is 6.20 Å². The minimum absolute atomic E-state index is 0.00835. The molecular formula is C18H15ClN6O2S. The van der Waals surface area contributed by atoms with Crippen molar-refractivity contribution in [2.45, 2.75) is 5.03 Å². The predicted octanol–water partition coefficient (Wildman–Crippen LogP) is 1.93. The molecule has 0 saturated carbocycles. The minimum Gasteiger partial charge on any atom is -0.861 e. The fraction of sp³-hybridized carbons (Fsp3) is 0.167. The number of pyridine rings is 1. The van der Waals surface area contributed by atoms with Crippen molar-refractivity contribution in [2.75, 3.05) is 24.9 Å². The summed E-state index contributed by atoms with van der Waals surface area (Å²) in [6.07, 6.45) is 1.49. The third-order valence-electron chi connectivity index (χ3n) is 3.54. The number of benzene rings is 1. The van der Waals surface area contributed by atoms with Crippen LogP contribution < -0.4 is 14.9 Å². The van der Waals surface area contributed by atoms with E-state index in [0.29, 0.717) is 21.3 Å². The van der Waals surface area contributed by atoms with E-state index < -0.39 is 5.90 Å². The number of hydrogen-bond acceptors (Lipinski definition) is 8. The Morgan fingerprint density at radius 1 is 1.32 bits per heavy atom. The van der Waals surface area contributed by atoms with Crippen molar-refractivity contribution in [2.24, 2.45) is 4.99 Å². The molecule has 28 heavy (non-hydrogen) atoms. The van der Waals surface area contributed by atoms with Crippen LogP contribution in [0.2, 0.25) is 5.02 Å². The Hall–Kier alpha value is -3.09. The van der Waals surface area contributed by atoms with E-state index in [9.17, 15) is 10.4 Å². The van der Waals surface area contributed by atoms with Crippen molar-refractivity contribution in [1.82, 2.24) is 10.3 Å². The highest BCUT2D eigenvalue weighted by Gasteiger charge is 2.13. The van der Waals surface area contributed by atoms with Crippen LogP contribution in [0, 0.1) is 11.3 Å². The van der Waals surface area contributed by atoms with Gasteiger partial charge < -0.3 is 5.11 Å². The molecule has 0 N–H and O–H groups in total. The standard InChI is InChI=1S/C18H15ClN6O2S/c1-24(2)25-10-17(27-23-25)22-16(26)11-28-18-13(9-20)5-8-15(21-18)12-3-6-14(19)7-4-12/h3-8,10H,11H2,1-2H3. The topological polar surface area (TPSA) is 105 Å². The molecule has 10 heteroatoms. The minimum atomic E-state index is -0.422. The molecule has 0 unspecified atom stereocenters. The fourth-order valence-electron chi connectivity index (χ4n) is 2.17. The van der Waals surface area contributed by atoms with Crippen LogP contribution in [0.25, 0.3) is 11.3 Å². The second-order valence-electron chi connectivity index (χ2n) is 5.77. The molecule has 0 amide bonds. The van der Waals surface area contributed by atoms with Crippen molar-refractivity contribution in [1.29, 1.82) is 5.26 Å². The highest BCUT2D eigenvalue weighted by atomic mass is 35.5. The van der Waals surface area contributed by atoms with Crippen LogP contribution in [0.15, 0.2) is 57.1 Å². The number of rotatable bonds is 6. The second kappa shape index (κ2) is 8.73. The summed E-state index contributed by atoms with van der Waals surface area (Å²) in [6.45, 7) is 0. The molecule has 2 aromatic heterocycles. The molecular weight excluding hydrogens is 400 g/mol. The monoisotopic (exact) mass is 414 g/mol. The maximum atomic E-state index is 12.1. The van der Waals surface area contributed by atoms with Gasteiger partial charge in [-0.05, 0) is 30.2 Å². The molecule has 0 fully saturated rings. The van der Waals surface area contributed by atoms with E-state index in [1.54, 1.807) is 43.4 Å². The van der Waals surface area contributed by atoms with Crippen molar-refractivity contribution in [3.8, 4) is 17.3 Å². The van der Waals surface area contributed by atoms with Gasteiger partial charge in [-0.15, -0.1) is 0 Å². The SMILES string of the molecule is CN(C)[n+]1cc(/N=C(\[O-])CSc2nc(-c3ccc(Cl)cc3)ccc2C#N)on1. The first-order chi connectivity index (χ1) is 13.5. The summed E-state index contributed by atoms with van der Waals surface area (Å²) in [6, 6.07) is 12.7. The lowest BCUT2D eigenvalue weighted by molar-refractivity contribution is -0.753. The number of thioether (sulfide) groups is 1. The molecule has 3 rings (SSSR count). The molecule has 0 radical (unpaired) electrons. The summed E-state index contributed by atoms with van der Waals surface area (Å²) in [4.78, 5) is 9.77. The molecule has 0 atom stereocenters. The Labute approximate surface area is 170 Å². The number of aromatic nitrogens is 3. The smallest absolute Gasteiger partial charge is 0.324 e. The van der Waals surface area contributed by atoms with E-state index in [1.165, 1.54) is 11.0 Å². The first-order valence-electron chi connectivity index (χ1n) is 8.07. The molecule has 2 heterocycles. The van der Waals surface area contributed by atoms with Gasteiger partial charge in [0.05, 0.1) is 30.1 Å². The highest BCUT2D eigenvalue weighted by molar-refractivity contribution is 7.99. The Bertz CT molecular complexity index is 1040. The zero-order valence-electron chi connectivity index (χ0n) is 15.0. The van der Waals surface area contributed by atoms with Crippen molar-refractivity contribution in [3.05, 3.63) is 53.2 Å². The summed E-state index contributed by atoms with van der Waals surface area (Å²) in [5.74, 6) is -0.314. The average Bonchev–Trinajstić information content (AvgIpc) is 3.15. The number of nitriles is 1. The zero-order valence-corrected chi connectivity index (χ0v) is 16.6. The van der Waals surface area contributed by atoms with Crippen LogP contribution in [-0.2, 0) is 0 Å². The lowest BCUT2D eigenvalue weighted by Gasteiger charge is -2.10. The summed E-state index contributed by atoms with van der Waals surface area (Å²) in [5.41, 5.74) is 1.94. The Morgan fingerprint density at radius 2 is 2.07 bits per heavy atom. The second-order valence-corrected chi connectivity index (χ2v) is 7.17. The molecule has 0 aliphatic carbocycles. The van der Waals surface area contributed by atoms with Gasteiger partial charge in [0.2, 0.25) is 5.27 Å².